The molecule has 0 saturated heterocycles. The van der Waals surface area contributed by atoms with E-state index in [1.807, 2.05) is 0 Å². The van der Waals surface area contributed by atoms with Gasteiger partial charge in [-0.2, -0.15) is 0 Å². The summed E-state index contributed by atoms with van der Waals surface area (Å²) >= 11 is 0. The molecule has 11 aromatic carbocycles. The first-order chi connectivity index (χ1) is 34.8. The highest BCUT2D eigenvalue weighted by Gasteiger charge is 2.25. The van der Waals surface area contributed by atoms with E-state index in [9.17, 15) is 0 Å². The molecule has 1 fully saturated rings. The fraction of sp³-hybridized carbons (Fsp3) is 0.0882. The lowest BCUT2D eigenvalue weighted by Gasteiger charge is -2.31. The summed E-state index contributed by atoms with van der Waals surface area (Å²) in [5, 5.41) is 7.67. The van der Waals surface area contributed by atoms with Gasteiger partial charge in [0.1, 0.15) is 0 Å². The average molecular weight is 897 g/mol. The van der Waals surface area contributed by atoms with E-state index in [-0.39, 0.29) is 0 Å². The van der Waals surface area contributed by atoms with E-state index in [2.05, 4.69) is 258 Å². The third kappa shape index (κ3) is 7.27. The Bertz CT molecular complexity index is 3850. The summed E-state index contributed by atoms with van der Waals surface area (Å²) in [6.45, 7) is 0. The molecule has 0 amide bonds. The zero-order chi connectivity index (χ0) is 46.4. The van der Waals surface area contributed by atoms with E-state index in [0.717, 1.165) is 22.7 Å². The molecule has 12 aromatic rings. The molecule has 0 radical (unpaired) electrons. The van der Waals surface area contributed by atoms with Crippen molar-refractivity contribution < 1.29 is 0 Å². The van der Waals surface area contributed by atoms with Crippen LogP contribution in [0.25, 0.3) is 93.5 Å². The number of hydrogen-bond acceptors (Lipinski definition) is 1. The Hall–Kier alpha value is -8.46. The maximum Gasteiger partial charge on any atom is 0.0547 e. The zero-order valence-corrected chi connectivity index (χ0v) is 39.2. The summed E-state index contributed by atoms with van der Waals surface area (Å²) in [5.41, 5.74) is 18.0. The molecule has 0 atom stereocenters. The van der Waals surface area contributed by atoms with Crippen molar-refractivity contribution >= 4 is 60.4 Å². The van der Waals surface area contributed by atoms with Crippen molar-refractivity contribution in [1.82, 2.24) is 4.57 Å². The quantitative estimate of drug-likeness (QED) is 0.140. The molecule has 1 saturated carbocycles. The molecular formula is C68H52N2. The smallest absolute Gasteiger partial charge is 0.0547 e. The molecule has 70 heavy (non-hydrogen) atoms. The van der Waals surface area contributed by atoms with Gasteiger partial charge in [0.25, 0.3) is 0 Å². The van der Waals surface area contributed by atoms with Crippen LogP contribution in [0.2, 0.25) is 0 Å². The van der Waals surface area contributed by atoms with Crippen molar-refractivity contribution in [3.8, 4) is 50.2 Å². The van der Waals surface area contributed by atoms with Crippen molar-refractivity contribution in [2.24, 2.45) is 0 Å². The topological polar surface area (TPSA) is 8.17 Å². The van der Waals surface area contributed by atoms with Gasteiger partial charge in [0.05, 0.1) is 22.4 Å². The van der Waals surface area contributed by atoms with Crippen molar-refractivity contribution in [2.75, 3.05) is 4.90 Å². The summed E-state index contributed by atoms with van der Waals surface area (Å²) in [6.07, 6.45) is 6.41. The third-order valence-electron chi connectivity index (χ3n) is 15.0. The molecule has 1 aliphatic rings. The minimum Gasteiger partial charge on any atom is -0.309 e. The van der Waals surface area contributed by atoms with Crippen LogP contribution in [-0.2, 0) is 0 Å². The minimum absolute atomic E-state index is 0.558. The van der Waals surface area contributed by atoms with Crippen LogP contribution in [0.1, 0.15) is 43.6 Å². The summed E-state index contributed by atoms with van der Waals surface area (Å²) in [4.78, 5) is 2.54. The van der Waals surface area contributed by atoms with Gasteiger partial charge < -0.3 is 9.47 Å². The molecule has 2 nitrogen and oxygen atoms in total. The third-order valence-corrected chi connectivity index (χ3v) is 15.0. The lowest BCUT2D eigenvalue weighted by molar-refractivity contribution is 0.445. The number of hydrogen-bond donors (Lipinski definition) is 0. The highest BCUT2D eigenvalue weighted by Crippen LogP contribution is 2.49. The second-order valence-electron chi connectivity index (χ2n) is 19.0. The lowest BCUT2D eigenvalue weighted by atomic mass is 9.80. The maximum atomic E-state index is 2.54. The van der Waals surface area contributed by atoms with Crippen LogP contribution in [0, 0.1) is 0 Å². The van der Waals surface area contributed by atoms with Crippen molar-refractivity contribution in [2.45, 2.75) is 38.0 Å². The van der Waals surface area contributed by atoms with Gasteiger partial charge >= 0.3 is 0 Å². The van der Waals surface area contributed by atoms with Crippen LogP contribution in [-0.4, -0.2) is 4.57 Å². The number of rotatable bonds is 9. The van der Waals surface area contributed by atoms with Crippen LogP contribution >= 0.6 is 0 Å². The van der Waals surface area contributed by atoms with Crippen LogP contribution < -0.4 is 4.90 Å². The van der Waals surface area contributed by atoms with Crippen molar-refractivity contribution in [3.63, 3.8) is 0 Å². The standard InChI is InChI=1S/C68H52N2/c1-4-20-48(21-5-1)57-45-42-52(56-33-16-25-47-24-10-11-30-55(47)56)46-66(57)70(63-37-14-12-31-60(63)61-36-18-27-51-26-17-34-58(67(51)61)49-22-6-2-7-23-49)54-43-40-50(41-44-54)59-35-19-39-65-68(59)62-32-13-15-38-64(62)69(65)53-28-8-3-9-29-53/h1,3-5,8-21,24-46,49H,2,6-7,22-23H2. The largest absolute Gasteiger partial charge is 0.309 e. The summed E-state index contributed by atoms with van der Waals surface area (Å²) < 4.78 is 2.40. The van der Waals surface area contributed by atoms with Crippen LogP contribution in [0.15, 0.2) is 249 Å². The fourth-order valence-electron chi connectivity index (χ4n) is 11.8. The van der Waals surface area contributed by atoms with Crippen LogP contribution in [0.4, 0.5) is 17.1 Å². The Balaban J connectivity index is 1.05. The molecule has 13 rings (SSSR count). The second-order valence-corrected chi connectivity index (χ2v) is 19.0. The highest BCUT2D eigenvalue weighted by atomic mass is 15.1. The number of anilines is 3. The monoisotopic (exact) mass is 896 g/mol. The Labute approximate surface area is 410 Å². The van der Waals surface area contributed by atoms with Crippen LogP contribution in [0.5, 0.6) is 0 Å². The molecule has 0 N–H and O–H groups in total. The molecule has 0 aliphatic heterocycles. The van der Waals surface area contributed by atoms with Crippen molar-refractivity contribution in [3.05, 3.63) is 254 Å². The molecule has 0 unspecified atom stereocenters. The van der Waals surface area contributed by atoms with Gasteiger partial charge in [0, 0.05) is 33.3 Å². The van der Waals surface area contributed by atoms with Gasteiger partial charge in [-0.05, 0) is 128 Å². The molecule has 0 bridgehead atoms. The summed E-state index contributed by atoms with van der Waals surface area (Å²) in [5.74, 6) is 0.558. The Morgan fingerprint density at radius 3 is 1.76 bits per heavy atom. The van der Waals surface area contributed by atoms with Gasteiger partial charge in [-0.25, -0.2) is 0 Å². The molecule has 1 heterocycles. The first kappa shape index (κ1) is 41.7. The normalized spacial score (nSPS) is 13.1. The lowest BCUT2D eigenvalue weighted by Crippen LogP contribution is -2.13. The second kappa shape index (κ2) is 17.9. The van der Waals surface area contributed by atoms with Gasteiger partial charge in [0.2, 0.25) is 0 Å². The first-order valence-corrected chi connectivity index (χ1v) is 25.0. The fourth-order valence-corrected chi connectivity index (χ4v) is 11.8. The average Bonchev–Trinajstić information content (AvgIpc) is 3.78. The van der Waals surface area contributed by atoms with Gasteiger partial charge in [-0.1, -0.05) is 219 Å². The number of nitrogens with zero attached hydrogens (tertiary/aromatic N) is 2. The molecule has 0 spiro atoms. The number of benzene rings is 11. The van der Waals surface area contributed by atoms with Gasteiger partial charge in [-0.3, -0.25) is 0 Å². The van der Waals surface area contributed by atoms with E-state index in [1.54, 1.807) is 0 Å². The van der Waals surface area contributed by atoms with Gasteiger partial charge in [-0.15, -0.1) is 0 Å². The molecule has 2 heteroatoms. The molecule has 1 aliphatic carbocycles. The van der Waals surface area contributed by atoms with E-state index in [0.29, 0.717) is 5.92 Å². The Morgan fingerprint density at radius 2 is 0.929 bits per heavy atom. The predicted molar refractivity (Wildman–Crippen MR) is 298 cm³/mol. The van der Waals surface area contributed by atoms with E-state index >= 15 is 0 Å². The first-order valence-electron chi connectivity index (χ1n) is 25.0. The summed E-state index contributed by atoms with van der Waals surface area (Å²) in [6, 6.07) is 92.2. The van der Waals surface area contributed by atoms with Crippen LogP contribution in [0.3, 0.4) is 0 Å². The van der Waals surface area contributed by atoms with E-state index in [4.69, 9.17) is 0 Å². The van der Waals surface area contributed by atoms with Crippen molar-refractivity contribution in [1.29, 1.82) is 0 Å². The van der Waals surface area contributed by atoms with Gasteiger partial charge in [0.15, 0.2) is 0 Å². The zero-order valence-electron chi connectivity index (χ0n) is 39.2. The minimum atomic E-state index is 0.558. The molecule has 1 aromatic heterocycles. The summed E-state index contributed by atoms with van der Waals surface area (Å²) in [7, 11) is 0. The number of aromatic nitrogens is 1. The number of para-hydroxylation sites is 3. The maximum absolute atomic E-state index is 2.54. The molecule has 334 valence electrons. The Morgan fingerprint density at radius 1 is 0.343 bits per heavy atom. The Kier molecular flexibility index (Phi) is 10.7. The highest BCUT2D eigenvalue weighted by molar-refractivity contribution is 6.16. The predicted octanol–water partition coefficient (Wildman–Crippen LogP) is 19.3. The van der Waals surface area contributed by atoms with E-state index in [1.165, 1.54) is 126 Å². The van der Waals surface area contributed by atoms with E-state index < -0.39 is 0 Å². The molecular weight excluding hydrogens is 845 g/mol. The number of fused-ring (bicyclic) bond motifs is 5. The SMILES string of the molecule is c1ccc(-c2ccc(-c3cccc4ccccc34)cc2N(c2ccc(-c3cccc4c3c3ccccc3n4-c3ccccc3)cc2)c2ccccc2-c2cccc3cccc(C4CCCCC4)c23)cc1.